The van der Waals surface area contributed by atoms with Crippen molar-refractivity contribution in [2.75, 3.05) is 0 Å². The average Bonchev–Trinajstić information content (AvgIpc) is 3.44. The van der Waals surface area contributed by atoms with Gasteiger partial charge in [0.15, 0.2) is 0 Å². The predicted octanol–water partition coefficient (Wildman–Crippen LogP) is 7.08. The smallest absolute Gasteiger partial charge is 0.410 e. The van der Waals surface area contributed by atoms with Gasteiger partial charge in [0.25, 0.3) is 5.56 Å². The van der Waals surface area contributed by atoms with Gasteiger partial charge in [-0.3, -0.25) is 9.36 Å². The van der Waals surface area contributed by atoms with Crippen LogP contribution in [0, 0.1) is 0 Å². The molecule has 2 aliphatic heterocycles. The zero-order valence-electron chi connectivity index (χ0n) is 22.1. The van der Waals surface area contributed by atoms with E-state index in [-0.39, 0.29) is 29.8 Å². The van der Waals surface area contributed by atoms with E-state index in [1.807, 2.05) is 80.3 Å². The largest absolute Gasteiger partial charge is 0.490 e. The molecule has 4 heterocycles. The Morgan fingerprint density at radius 1 is 1.03 bits per heavy atom. The fourth-order valence-electron chi connectivity index (χ4n) is 5.57. The van der Waals surface area contributed by atoms with Gasteiger partial charge in [-0.1, -0.05) is 23.7 Å². The fourth-order valence-corrected chi connectivity index (χ4v) is 6.74. The van der Waals surface area contributed by atoms with Crippen LogP contribution in [0.15, 0.2) is 65.7 Å². The minimum absolute atomic E-state index is 0.0326. The van der Waals surface area contributed by atoms with Crippen LogP contribution in [0.1, 0.15) is 46.5 Å². The molecule has 39 heavy (non-hydrogen) atoms. The average molecular weight is 564 g/mol. The van der Waals surface area contributed by atoms with Crippen molar-refractivity contribution in [3.05, 3.63) is 76.3 Å². The van der Waals surface area contributed by atoms with Crippen LogP contribution in [0.2, 0.25) is 5.02 Å². The van der Waals surface area contributed by atoms with Crippen LogP contribution in [0.25, 0.3) is 26.3 Å². The third-order valence-electron chi connectivity index (χ3n) is 7.28. The highest BCUT2D eigenvalue weighted by atomic mass is 35.5. The number of benzene rings is 2. The molecule has 1 amide bonds. The number of amides is 1. The summed E-state index contributed by atoms with van der Waals surface area (Å²) >= 11 is 7.45. The van der Waals surface area contributed by atoms with Crippen LogP contribution in [0.3, 0.4) is 0 Å². The summed E-state index contributed by atoms with van der Waals surface area (Å²) in [5.41, 5.74) is 1.79. The van der Waals surface area contributed by atoms with Gasteiger partial charge in [0.2, 0.25) is 0 Å². The second-order valence-corrected chi connectivity index (χ2v) is 12.7. The lowest BCUT2D eigenvalue weighted by molar-refractivity contribution is -0.00707. The van der Waals surface area contributed by atoms with Crippen molar-refractivity contribution in [2.24, 2.45) is 0 Å². The summed E-state index contributed by atoms with van der Waals surface area (Å²) in [7, 11) is 0. The maximum atomic E-state index is 13.3. The fraction of sp³-hybridized carbons (Fsp3) is 0.367. The van der Waals surface area contributed by atoms with Crippen molar-refractivity contribution < 1.29 is 14.3 Å². The molecule has 0 spiro atoms. The Morgan fingerprint density at radius 3 is 2.33 bits per heavy atom. The Morgan fingerprint density at radius 2 is 1.69 bits per heavy atom. The minimum atomic E-state index is -0.504. The third kappa shape index (κ3) is 5.28. The maximum Gasteiger partial charge on any atom is 0.410 e. The number of ether oxygens (including phenoxy) is 2. The molecule has 7 nitrogen and oxygen atoms in total. The van der Waals surface area contributed by atoms with E-state index in [1.54, 1.807) is 10.9 Å². The molecule has 2 bridgehead atoms. The number of piperidine rings is 1. The molecule has 2 aromatic carbocycles. The molecule has 0 N–H and O–H groups in total. The van der Waals surface area contributed by atoms with Gasteiger partial charge < -0.3 is 14.4 Å². The third-order valence-corrected chi connectivity index (χ3v) is 8.69. The molecule has 2 fully saturated rings. The van der Waals surface area contributed by atoms with E-state index < -0.39 is 5.60 Å². The number of hydrogen-bond acceptors (Lipinski definition) is 6. The van der Waals surface area contributed by atoms with Gasteiger partial charge >= 0.3 is 6.09 Å². The summed E-state index contributed by atoms with van der Waals surface area (Å²) in [4.78, 5) is 33.5. The van der Waals surface area contributed by atoms with E-state index >= 15 is 0 Å². The van der Waals surface area contributed by atoms with Crippen molar-refractivity contribution in [3.8, 4) is 21.9 Å². The zero-order valence-corrected chi connectivity index (χ0v) is 23.7. The van der Waals surface area contributed by atoms with Gasteiger partial charge in [-0.2, -0.15) is 0 Å². The molecule has 202 valence electrons. The molecular weight excluding hydrogens is 534 g/mol. The van der Waals surface area contributed by atoms with Gasteiger partial charge in [0, 0.05) is 34.8 Å². The summed E-state index contributed by atoms with van der Waals surface area (Å²) in [6.45, 7) is 5.69. The van der Waals surface area contributed by atoms with E-state index in [0.717, 1.165) is 47.6 Å². The lowest BCUT2D eigenvalue weighted by Crippen LogP contribution is -2.50. The summed E-state index contributed by atoms with van der Waals surface area (Å²) in [6, 6.07) is 17.3. The molecule has 4 aromatic rings. The number of aromatic nitrogens is 2. The van der Waals surface area contributed by atoms with Gasteiger partial charge in [0.1, 0.15) is 28.5 Å². The second kappa shape index (κ2) is 9.99. The highest BCUT2D eigenvalue weighted by Crippen LogP contribution is 2.38. The number of carbonyl (C=O) groups excluding carboxylic acids is 1. The van der Waals surface area contributed by atoms with Gasteiger partial charge in [-0.15, -0.1) is 11.3 Å². The van der Waals surface area contributed by atoms with E-state index in [1.165, 1.54) is 11.3 Å². The highest BCUT2D eigenvalue weighted by Gasteiger charge is 2.45. The lowest BCUT2D eigenvalue weighted by atomic mass is 10.00. The first-order valence-corrected chi connectivity index (χ1v) is 14.4. The Hall–Kier alpha value is -3.36. The number of nitrogens with zero attached hydrogens (tertiary/aromatic N) is 3. The zero-order chi connectivity index (χ0) is 27.3. The van der Waals surface area contributed by atoms with Crippen molar-refractivity contribution in [2.45, 2.75) is 70.2 Å². The molecule has 3 atom stereocenters. The Balaban J connectivity index is 1.16. The lowest BCUT2D eigenvalue weighted by Gasteiger charge is -2.39. The van der Waals surface area contributed by atoms with Crippen LogP contribution in [0.5, 0.6) is 5.75 Å². The van der Waals surface area contributed by atoms with Gasteiger partial charge in [0.05, 0.1) is 11.2 Å². The number of carbonyl (C=O) groups is 1. The Labute approximate surface area is 235 Å². The van der Waals surface area contributed by atoms with Crippen LogP contribution in [0.4, 0.5) is 4.79 Å². The molecule has 2 aliphatic rings. The van der Waals surface area contributed by atoms with E-state index in [0.29, 0.717) is 15.2 Å². The van der Waals surface area contributed by atoms with E-state index in [9.17, 15) is 9.59 Å². The molecular formula is C30H30ClN3O4S. The van der Waals surface area contributed by atoms with Gasteiger partial charge in [-0.25, -0.2) is 9.78 Å². The molecule has 2 saturated heterocycles. The maximum absolute atomic E-state index is 13.3. The molecule has 0 unspecified atom stereocenters. The Bertz CT molecular complexity index is 1560. The van der Waals surface area contributed by atoms with E-state index in [2.05, 4.69) is 4.98 Å². The molecule has 0 aliphatic carbocycles. The number of rotatable bonds is 4. The highest BCUT2D eigenvalue weighted by molar-refractivity contribution is 7.22. The summed E-state index contributed by atoms with van der Waals surface area (Å²) in [5.74, 6) is 0.747. The molecule has 0 saturated carbocycles. The standard InChI is InChI=1S/C30H30ClN3O4S/c1-30(2,3)38-29(36)34-21-8-9-22(34)15-24(14-21)37-23-12-10-20(11-13-23)33-17-32-25-16-26(39-27(25)28(33)35)18-4-6-19(31)7-5-18/h4-7,10-13,16-17,21-22,24H,8-9,14-15H2,1-3H3/t21-,22+,24+. The summed E-state index contributed by atoms with van der Waals surface area (Å²) in [6.07, 6.45) is 4.90. The predicted molar refractivity (Wildman–Crippen MR) is 154 cm³/mol. The van der Waals surface area contributed by atoms with Crippen molar-refractivity contribution in [1.82, 2.24) is 14.5 Å². The first-order valence-electron chi connectivity index (χ1n) is 13.2. The van der Waals surface area contributed by atoms with Crippen molar-refractivity contribution >= 4 is 39.2 Å². The first kappa shape index (κ1) is 25.9. The molecule has 0 radical (unpaired) electrons. The van der Waals surface area contributed by atoms with Crippen molar-refractivity contribution in [3.63, 3.8) is 0 Å². The topological polar surface area (TPSA) is 73.7 Å². The van der Waals surface area contributed by atoms with Crippen molar-refractivity contribution in [1.29, 1.82) is 0 Å². The van der Waals surface area contributed by atoms with Gasteiger partial charge in [-0.05, 0) is 81.6 Å². The number of hydrogen-bond donors (Lipinski definition) is 0. The summed E-state index contributed by atoms with van der Waals surface area (Å²) < 4.78 is 14.1. The number of fused-ring (bicyclic) bond motifs is 3. The summed E-state index contributed by atoms with van der Waals surface area (Å²) in [5, 5.41) is 0.673. The van der Waals surface area contributed by atoms with Crippen LogP contribution in [-0.4, -0.2) is 44.3 Å². The molecule has 2 aromatic heterocycles. The van der Waals surface area contributed by atoms with Crippen LogP contribution < -0.4 is 10.3 Å². The normalized spacial score (nSPS) is 20.8. The second-order valence-electron chi connectivity index (χ2n) is 11.2. The quantitative estimate of drug-likeness (QED) is 0.265. The Kier molecular flexibility index (Phi) is 6.63. The molecule has 9 heteroatoms. The van der Waals surface area contributed by atoms with Crippen LogP contribution in [-0.2, 0) is 4.74 Å². The minimum Gasteiger partial charge on any atom is -0.490 e. The number of halogens is 1. The first-order chi connectivity index (χ1) is 18.6. The van der Waals surface area contributed by atoms with Crippen LogP contribution >= 0.6 is 22.9 Å². The molecule has 6 rings (SSSR count). The van der Waals surface area contributed by atoms with E-state index in [4.69, 9.17) is 21.1 Å². The number of thiophene rings is 1. The SMILES string of the molecule is CC(C)(C)OC(=O)N1[C@@H]2CC[C@H]1C[C@@H](Oc1ccc(-n3cnc4cc(-c5ccc(Cl)cc5)sc4c3=O)cc1)C2. The monoisotopic (exact) mass is 563 g/mol.